The molecule has 1 aromatic rings. The van der Waals surface area contributed by atoms with Gasteiger partial charge in [0.05, 0.1) is 11.3 Å². The van der Waals surface area contributed by atoms with Gasteiger partial charge >= 0.3 is 0 Å². The molecule has 0 spiro atoms. The monoisotopic (exact) mass is 253 g/mol. The van der Waals surface area contributed by atoms with Gasteiger partial charge in [-0.25, -0.2) is 4.98 Å². The minimum absolute atomic E-state index is 0.606. The Morgan fingerprint density at radius 3 is 2.39 bits per heavy atom. The van der Waals surface area contributed by atoms with E-state index < -0.39 is 5.60 Å². The maximum absolute atomic E-state index is 9.80. The van der Waals surface area contributed by atoms with E-state index in [9.17, 15) is 5.11 Å². The lowest BCUT2D eigenvalue weighted by Gasteiger charge is -2.37. The third-order valence-corrected chi connectivity index (χ3v) is 3.29. The topological polar surface area (TPSA) is 52.7 Å². The van der Waals surface area contributed by atoms with Crippen LogP contribution >= 0.6 is 0 Å². The largest absolute Gasteiger partial charge is 0.448 e. The van der Waals surface area contributed by atoms with Crippen LogP contribution in [0.1, 0.15) is 25.3 Å². The first kappa shape index (κ1) is 13.5. The molecule has 5 nitrogen and oxygen atoms in total. The van der Waals surface area contributed by atoms with E-state index in [0.29, 0.717) is 0 Å². The molecule has 5 heteroatoms. The molecule has 1 fully saturated rings. The van der Waals surface area contributed by atoms with Crippen molar-refractivity contribution < 1.29 is 9.52 Å². The molecule has 0 amide bonds. The maximum Gasteiger partial charge on any atom is 0.181 e. The molecule has 1 aliphatic rings. The van der Waals surface area contributed by atoms with Crippen LogP contribution in [-0.4, -0.2) is 58.2 Å². The first-order valence-electron chi connectivity index (χ1n) is 6.50. The Balaban J connectivity index is 1.79. The predicted molar refractivity (Wildman–Crippen MR) is 69.3 cm³/mol. The van der Waals surface area contributed by atoms with Crippen LogP contribution in [0.25, 0.3) is 0 Å². The molecule has 0 radical (unpaired) electrons. The van der Waals surface area contributed by atoms with Crippen LogP contribution in [-0.2, 0) is 6.54 Å². The fourth-order valence-electron chi connectivity index (χ4n) is 2.34. The number of β-amino-alcohol motifs (C(OH)–C–C–N with tert-alkyl or cyclic N) is 1. The number of hydrogen-bond acceptors (Lipinski definition) is 5. The third-order valence-electron chi connectivity index (χ3n) is 3.29. The maximum atomic E-state index is 9.80. The Bertz CT molecular complexity index is 376. The normalized spacial score (nSPS) is 19.3. The Hall–Kier alpha value is -0.910. The van der Waals surface area contributed by atoms with Crippen molar-refractivity contribution >= 4 is 0 Å². The Morgan fingerprint density at radius 2 is 1.89 bits per heavy atom. The number of rotatable bonds is 4. The van der Waals surface area contributed by atoms with Gasteiger partial charge in [-0.05, 0) is 20.8 Å². The zero-order valence-corrected chi connectivity index (χ0v) is 11.5. The number of aliphatic hydroxyl groups is 1. The highest BCUT2D eigenvalue weighted by Crippen LogP contribution is 2.12. The number of nitrogens with zero attached hydrogens (tertiary/aromatic N) is 3. The van der Waals surface area contributed by atoms with E-state index in [0.717, 1.165) is 50.7 Å². The first-order valence-corrected chi connectivity index (χ1v) is 6.50. The lowest BCUT2D eigenvalue weighted by molar-refractivity contribution is 0.0165. The molecule has 0 atom stereocenters. The summed E-state index contributed by atoms with van der Waals surface area (Å²) in [4.78, 5) is 8.92. The van der Waals surface area contributed by atoms with Crippen LogP contribution in [0, 0.1) is 6.92 Å². The molecule has 1 aliphatic heterocycles. The molecular weight excluding hydrogens is 230 g/mol. The minimum Gasteiger partial charge on any atom is -0.448 e. The summed E-state index contributed by atoms with van der Waals surface area (Å²) in [7, 11) is 0. The van der Waals surface area contributed by atoms with E-state index in [2.05, 4.69) is 14.8 Å². The van der Waals surface area contributed by atoms with Crippen molar-refractivity contribution in [2.45, 2.75) is 32.9 Å². The molecule has 18 heavy (non-hydrogen) atoms. The lowest BCUT2D eigenvalue weighted by Crippen LogP contribution is -2.50. The van der Waals surface area contributed by atoms with E-state index in [1.807, 2.05) is 20.8 Å². The fourth-order valence-corrected chi connectivity index (χ4v) is 2.34. The smallest absolute Gasteiger partial charge is 0.181 e. The van der Waals surface area contributed by atoms with E-state index in [4.69, 9.17) is 4.42 Å². The van der Waals surface area contributed by atoms with Gasteiger partial charge in [-0.1, -0.05) is 0 Å². The van der Waals surface area contributed by atoms with Crippen LogP contribution in [0.3, 0.4) is 0 Å². The van der Waals surface area contributed by atoms with Gasteiger partial charge in [0.25, 0.3) is 0 Å². The molecule has 0 aromatic carbocycles. The van der Waals surface area contributed by atoms with E-state index in [1.165, 1.54) is 6.39 Å². The van der Waals surface area contributed by atoms with Gasteiger partial charge in [-0.15, -0.1) is 0 Å². The van der Waals surface area contributed by atoms with Crippen molar-refractivity contribution in [1.82, 2.24) is 14.8 Å². The molecule has 0 saturated carbocycles. The molecule has 0 unspecified atom stereocenters. The molecule has 1 aromatic heterocycles. The summed E-state index contributed by atoms with van der Waals surface area (Å²) in [5, 5.41) is 9.80. The summed E-state index contributed by atoms with van der Waals surface area (Å²) in [5.41, 5.74) is 0.427. The van der Waals surface area contributed by atoms with Crippen LogP contribution in [0.5, 0.6) is 0 Å². The molecule has 102 valence electrons. The Labute approximate surface area is 108 Å². The van der Waals surface area contributed by atoms with Gasteiger partial charge in [-0.3, -0.25) is 9.80 Å². The van der Waals surface area contributed by atoms with Gasteiger partial charge in [0, 0.05) is 39.3 Å². The summed E-state index contributed by atoms with van der Waals surface area (Å²) in [6, 6.07) is 0. The number of oxazole rings is 1. The molecule has 1 saturated heterocycles. The van der Waals surface area contributed by atoms with Crippen LogP contribution in [0.4, 0.5) is 0 Å². The highest BCUT2D eigenvalue weighted by molar-refractivity contribution is 5.04. The molecular formula is C13H23N3O2. The van der Waals surface area contributed by atoms with Crippen LogP contribution in [0.2, 0.25) is 0 Å². The zero-order valence-electron chi connectivity index (χ0n) is 11.5. The van der Waals surface area contributed by atoms with Gasteiger partial charge in [-0.2, -0.15) is 0 Å². The minimum atomic E-state index is -0.606. The molecule has 0 aliphatic carbocycles. The van der Waals surface area contributed by atoms with Crippen molar-refractivity contribution in [3.63, 3.8) is 0 Å². The lowest BCUT2D eigenvalue weighted by atomic mass is 10.1. The van der Waals surface area contributed by atoms with Crippen molar-refractivity contribution in [3.05, 3.63) is 17.8 Å². The van der Waals surface area contributed by atoms with Gasteiger partial charge in [0.2, 0.25) is 0 Å². The third kappa shape index (κ3) is 3.80. The first-order chi connectivity index (χ1) is 8.44. The van der Waals surface area contributed by atoms with Crippen molar-refractivity contribution in [2.24, 2.45) is 0 Å². The number of aromatic nitrogens is 1. The van der Waals surface area contributed by atoms with E-state index in [1.54, 1.807) is 0 Å². The van der Waals surface area contributed by atoms with Crippen molar-refractivity contribution in [1.29, 1.82) is 0 Å². The van der Waals surface area contributed by atoms with Gasteiger partial charge in [0.1, 0.15) is 5.76 Å². The molecule has 0 bridgehead atoms. The summed E-state index contributed by atoms with van der Waals surface area (Å²) < 4.78 is 5.21. The van der Waals surface area contributed by atoms with E-state index in [-0.39, 0.29) is 0 Å². The average Bonchev–Trinajstić information content (AvgIpc) is 2.65. The fraction of sp³-hybridized carbons (Fsp3) is 0.769. The summed E-state index contributed by atoms with van der Waals surface area (Å²) in [6.45, 7) is 11.3. The quantitative estimate of drug-likeness (QED) is 0.863. The highest BCUT2D eigenvalue weighted by atomic mass is 16.3. The molecule has 1 N–H and O–H groups in total. The second kappa shape index (κ2) is 5.38. The van der Waals surface area contributed by atoms with Crippen LogP contribution in [0.15, 0.2) is 10.8 Å². The molecule has 2 heterocycles. The van der Waals surface area contributed by atoms with Gasteiger partial charge < -0.3 is 9.52 Å². The predicted octanol–water partition coefficient (Wildman–Crippen LogP) is 0.872. The number of piperazine rings is 1. The Morgan fingerprint density at radius 1 is 1.28 bits per heavy atom. The Kier molecular flexibility index (Phi) is 4.04. The number of aryl methyl sites for hydroxylation is 1. The second-order valence-electron chi connectivity index (χ2n) is 5.72. The van der Waals surface area contributed by atoms with Crippen molar-refractivity contribution in [2.75, 3.05) is 32.7 Å². The average molecular weight is 253 g/mol. The zero-order chi connectivity index (χ0) is 13.2. The summed E-state index contributed by atoms with van der Waals surface area (Å²) in [6.07, 6.45) is 1.51. The second-order valence-corrected chi connectivity index (χ2v) is 5.72. The van der Waals surface area contributed by atoms with Gasteiger partial charge in [0.15, 0.2) is 6.39 Å². The van der Waals surface area contributed by atoms with Crippen LogP contribution < -0.4 is 0 Å². The highest BCUT2D eigenvalue weighted by Gasteiger charge is 2.23. The summed E-state index contributed by atoms with van der Waals surface area (Å²) >= 11 is 0. The number of hydrogen-bond donors (Lipinski definition) is 1. The summed E-state index contributed by atoms with van der Waals surface area (Å²) in [5.74, 6) is 0.911. The molecule has 2 rings (SSSR count). The van der Waals surface area contributed by atoms with E-state index >= 15 is 0 Å². The standard InChI is InChI=1S/C13H23N3O2/c1-11-12(14-10-18-11)8-15-4-6-16(7-5-15)9-13(2,3)17/h10,17H,4-9H2,1-3H3. The SMILES string of the molecule is Cc1ocnc1CN1CCN(CC(C)(C)O)CC1. The van der Waals surface area contributed by atoms with Crippen molar-refractivity contribution in [3.8, 4) is 0 Å².